The number of rotatable bonds is 7. The lowest BCUT2D eigenvalue weighted by Gasteiger charge is -2.27. The van der Waals surface area contributed by atoms with Crippen LogP contribution in [0.25, 0.3) is 0 Å². The Kier molecular flexibility index (Phi) is 5.08. The van der Waals surface area contributed by atoms with Crippen LogP contribution >= 0.6 is 0 Å². The van der Waals surface area contributed by atoms with E-state index in [4.69, 9.17) is 4.74 Å². The van der Waals surface area contributed by atoms with Crippen molar-refractivity contribution in [3.63, 3.8) is 0 Å². The summed E-state index contributed by atoms with van der Waals surface area (Å²) in [4.78, 5) is 2.44. The highest BCUT2D eigenvalue weighted by atomic mass is 16.5. The summed E-state index contributed by atoms with van der Waals surface area (Å²) >= 11 is 0. The summed E-state index contributed by atoms with van der Waals surface area (Å²) in [7, 11) is 0.0369. The fraction of sp³-hybridized carbons (Fsp3) is 0.600. The van der Waals surface area contributed by atoms with Crippen molar-refractivity contribution in [3.8, 4) is 5.75 Å². The van der Waals surface area contributed by atoms with E-state index < -0.39 is 7.12 Å². The average molecular weight is 277 g/mol. The van der Waals surface area contributed by atoms with Crippen molar-refractivity contribution in [2.75, 3.05) is 13.7 Å². The lowest BCUT2D eigenvalue weighted by Crippen LogP contribution is -2.34. The molecule has 0 saturated heterocycles. The molecule has 4 nitrogen and oxygen atoms in total. The Morgan fingerprint density at radius 2 is 2.05 bits per heavy atom. The van der Waals surface area contributed by atoms with Gasteiger partial charge in [0.2, 0.25) is 0 Å². The molecule has 2 rings (SSSR count). The highest BCUT2D eigenvalue weighted by Gasteiger charge is 2.26. The molecule has 1 aliphatic carbocycles. The molecule has 0 aromatic heterocycles. The van der Waals surface area contributed by atoms with Crippen LogP contribution in [0.2, 0.25) is 0 Å². The third-order valence-electron chi connectivity index (χ3n) is 3.88. The minimum absolute atomic E-state index is 0.431. The number of benzene rings is 1. The monoisotopic (exact) mass is 277 g/mol. The zero-order valence-electron chi connectivity index (χ0n) is 12.5. The van der Waals surface area contributed by atoms with E-state index >= 15 is 0 Å². The zero-order chi connectivity index (χ0) is 14.7. The first kappa shape index (κ1) is 15.4. The summed E-state index contributed by atoms with van der Waals surface area (Å²) in [6.45, 7) is 6.36. The van der Waals surface area contributed by atoms with Crippen LogP contribution in [-0.4, -0.2) is 41.8 Å². The Morgan fingerprint density at radius 3 is 2.55 bits per heavy atom. The van der Waals surface area contributed by atoms with Crippen molar-refractivity contribution in [1.82, 2.24) is 4.90 Å². The minimum atomic E-state index is -1.50. The molecule has 0 heterocycles. The van der Waals surface area contributed by atoms with E-state index in [2.05, 4.69) is 18.7 Å². The lowest BCUT2D eigenvalue weighted by atomic mass is 9.78. The van der Waals surface area contributed by atoms with Gasteiger partial charge in [-0.15, -0.1) is 0 Å². The molecule has 20 heavy (non-hydrogen) atoms. The van der Waals surface area contributed by atoms with Crippen molar-refractivity contribution in [1.29, 1.82) is 0 Å². The Bertz CT molecular complexity index is 447. The van der Waals surface area contributed by atoms with Crippen LogP contribution in [0.5, 0.6) is 5.75 Å². The molecular formula is C15H24BNO3. The molecule has 1 aliphatic rings. The molecule has 110 valence electrons. The van der Waals surface area contributed by atoms with E-state index in [1.54, 1.807) is 6.07 Å². The molecular weight excluding hydrogens is 253 g/mol. The molecule has 5 heteroatoms. The summed E-state index contributed by atoms with van der Waals surface area (Å²) in [6.07, 6.45) is 2.68. The van der Waals surface area contributed by atoms with E-state index in [0.717, 1.165) is 24.6 Å². The fourth-order valence-corrected chi connectivity index (χ4v) is 2.41. The summed E-state index contributed by atoms with van der Waals surface area (Å²) in [5, 5.41) is 18.8. The summed E-state index contributed by atoms with van der Waals surface area (Å²) in [5.74, 6) is 1.36. The summed E-state index contributed by atoms with van der Waals surface area (Å²) in [5.41, 5.74) is 1.52. The van der Waals surface area contributed by atoms with Gasteiger partial charge in [-0.1, -0.05) is 12.1 Å². The molecule has 1 aromatic rings. The number of nitrogens with zero attached hydrogens (tertiary/aromatic N) is 1. The molecule has 0 aliphatic heterocycles. The third kappa shape index (κ3) is 3.98. The number of hydrogen-bond acceptors (Lipinski definition) is 4. The first-order valence-corrected chi connectivity index (χ1v) is 7.28. The van der Waals surface area contributed by atoms with Gasteiger partial charge in [0.25, 0.3) is 0 Å². The normalized spacial score (nSPS) is 14.9. The van der Waals surface area contributed by atoms with Crippen LogP contribution in [-0.2, 0) is 6.54 Å². The topological polar surface area (TPSA) is 52.9 Å². The molecule has 1 fully saturated rings. The van der Waals surface area contributed by atoms with Gasteiger partial charge in [0.1, 0.15) is 5.75 Å². The predicted molar refractivity (Wildman–Crippen MR) is 81.1 cm³/mol. The quantitative estimate of drug-likeness (QED) is 0.730. The Labute approximate surface area is 121 Å². The second-order valence-corrected chi connectivity index (χ2v) is 5.92. The van der Waals surface area contributed by atoms with Gasteiger partial charge >= 0.3 is 7.12 Å². The Hall–Kier alpha value is -1.04. The van der Waals surface area contributed by atoms with Crippen LogP contribution in [0.1, 0.15) is 32.3 Å². The minimum Gasteiger partial charge on any atom is -0.497 e. The van der Waals surface area contributed by atoms with E-state index in [-0.39, 0.29) is 0 Å². The largest absolute Gasteiger partial charge is 0.497 e. The second kappa shape index (κ2) is 6.61. The maximum Gasteiger partial charge on any atom is 0.492 e. The van der Waals surface area contributed by atoms with Gasteiger partial charge in [-0.3, -0.25) is 4.90 Å². The van der Waals surface area contributed by atoms with Crippen molar-refractivity contribution in [3.05, 3.63) is 23.8 Å². The van der Waals surface area contributed by atoms with Gasteiger partial charge in [-0.05, 0) is 44.2 Å². The molecule has 0 radical (unpaired) electrons. The van der Waals surface area contributed by atoms with E-state index in [0.29, 0.717) is 17.3 Å². The fourth-order valence-electron chi connectivity index (χ4n) is 2.41. The number of ether oxygens (including phenoxy) is 1. The predicted octanol–water partition coefficient (Wildman–Crippen LogP) is 0.995. The standard InChI is InChI=1S/C15H24BNO3/c1-11(2)17(9-12-4-5-12)10-13-6-7-15(20-3)14(8-13)16(18)19/h6-8,11-12,18-19H,4-5,9-10H2,1-3H3. The molecule has 0 atom stereocenters. The van der Waals surface area contributed by atoms with Crippen molar-refractivity contribution in [2.24, 2.45) is 5.92 Å². The highest BCUT2D eigenvalue weighted by molar-refractivity contribution is 6.59. The second-order valence-electron chi connectivity index (χ2n) is 5.92. The maximum atomic E-state index is 9.42. The number of hydrogen-bond donors (Lipinski definition) is 2. The van der Waals surface area contributed by atoms with E-state index in [1.807, 2.05) is 12.1 Å². The van der Waals surface area contributed by atoms with Crippen LogP contribution in [0.15, 0.2) is 18.2 Å². The van der Waals surface area contributed by atoms with Crippen LogP contribution in [0, 0.1) is 5.92 Å². The summed E-state index contributed by atoms with van der Waals surface area (Å²) in [6, 6.07) is 6.11. The highest BCUT2D eigenvalue weighted by Crippen LogP contribution is 2.30. The van der Waals surface area contributed by atoms with Gasteiger partial charge in [0.15, 0.2) is 0 Å². The first-order valence-electron chi connectivity index (χ1n) is 7.28. The van der Waals surface area contributed by atoms with Crippen LogP contribution in [0.4, 0.5) is 0 Å². The van der Waals surface area contributed by atoms with Crippen molar-refractivity contribution >= 4 is 12.6 Å². The molecule has 0 bridgehead atoms. The Balaban J connectivity index is 2.12. The van der Waals surface area contributed by atoms with Gasteiger partial charge < -0.3 is 14.8 Å². The molecule has 0 spiro atoms. The van der Waals surface area contributed by atoms with Crippen LogP contribution < -0.4 is 10.2 Å². The average Bonchev–Trinajstić information content (AvgIpc) is 3.21. The smallest absolute Gasteiger partial charge is 0.492 e. The van der Waals surface area contributed by atoms with Crippen molar-refractivity contribution in [2.45, 2.75) is 39.3 Å². The van der Waals surface area contributed by atoms with Gasteiger partial charge in [-0.25, -0.2) is 0 Å². The molecule has 1 saturated carbocycles. The van der Waals surface area contributed by atoms with E-state index in [1.165, 1.54) is 20.0 Å². The molecule has 0 amide bonds. The number of methoxy groups -OCH3 is 1. The van der Waals surface area contributed by atoms with Gasteiger partial charge in [-0.2, -0.15) is 0 Å². The third-order valence-corrected chi connectivity index (χ3v) is 3.88. The molecule has 2 N–H and O–H groups in total. The SMILES string of the molecule is COc1ccc(CN(CC2CC2)C(C)C)cc1B(O)O. The van der Waals surface area contributed by atoms with Crippen molar-refractivity contribution < 1.29 is 14.8 Å². The van der Waals surface area contributed by atoms with Crippen LogP contribution in [0.3, 0.4) is 0 Å². The zero-order valence-corrected chi connectivity index (χ0v) is 12.5. The summed E-state index contributed by atoms with van der Waals surface area (Å²) < 4.78 is 5.16. The molecule has 1 aromatic carbocycles. The molecule has 0 unspecified atom stereocenters. The van der Waals surface area contributed by atoms with E-state index in [9.17, 15) is 10.0 Å². The van der Waals surface area contributed by atoms with Gasteiger partial charge in [0, 0.05) is 24.6 Å². The maximum absolute atomic E-state index is 9.42. The first-order chi connectivity index (χ1) is 9.51. The van der Waals surface area contributed by atoms with Gasteiger partial charge in [0.05, 0.1) is 7.11 Å². The Morgan fingerprint density at radius 1 is 1.35 bits per heavy atom. The lowest BCUT2D eigenvalue weighted by molar-refractivity contribution is 0.204.